The highest BCUT2D eigenvalue weighted by atomic mass is 14.4. The highest BCUT2D eigenvalue weighted by Gasteiger charge is 2.70. The van der Waals surface area contributed by atoms with Crippen LogP contribution < -0.4 is 0 Å². The van der Waals surface area contributed by atoms with Crippen molar-refractivity contribution >= 4 is 13.4 Å². The van der Waals surface area contributed by atoms with E-state index in [9.17, 15) is 0 Å². The lowest BCUT2D eigenvalue weighted by molar-refractivity contribution is 0.723. The first-order chi connectivity index (χ1) is 5.26. The minimum atomic E-state index is 0.838. The van der Waals surface area contributed by atoms with Crippen LogP contribution in [0.4, 0.5) is 0 Å². The molecule has 0 aromatic heterocycles. The summed E-state index contributed by atoms with van der Waals surface area (Å²) in [7, 11) is 0. The Bertz CT molecular complexity index is 200. The molecular formula is C9H16B2. The van der Waals surface area contributed by atoms with Gasteiger partial charge in [0.2, 0.25) is 0 Å². The maximum atomic E-state index is 2.51. The van der Waals surface area contributed by atoms with E-state index in [1.807, 2.05) is 0 Å². The lowest BCUT2D eigenvalue weighted by atomic mass is 9.40. The van der Waals surface area contributed by atoms with Gasteiger partial charge >= 0.3 is 0 Å². The summed E-state index contributed by atoms with van der Waals surface area (Å²) in [5, 5.41) is 0.838. The Balaban J connectivity index is 1.79. The fourth-order valence-corrected chi connectivity index (χ4v) is 3.88. The molecule has 2 heteroatoms. The van der Waals surface area contributed by atoms with E-state index in [1.165, 1.54) is 25.6 Å². The van der Waals surface area contributed by atoms with E-state index in [0.717, 1.165) is 11.1 Å². The molecule has 3 aliphatic heterocycles. The van der Waals surface area contributed by atoms with Crippen molar-refractivity contribution in [3.05, 3.63) is 0 Å². The second kappa shape index (κ2) is 1.72. The van der Waals surface area contributed by atoms with E-state index in [0.29, 0.717) is 0 Å². The summed E-state index contributed by atoms with van der Waals surface area (Å²) in [5.74, 6) is 1.16. The number of fused-ring (bicyclic) bond motifs is 3. The molecule has 0 saturated carbocycles. The Hall–Kier alpha value is 0.130. The van der Waals surface area contributed by atoms with Crippen molar-refractivity contribution in [3.8, 4) is 0 Å². The Kier molecular flexibility index (Phi) is 1.04. The van der Waals surface area contributed by atoms with Gasteiger partial charge in [0.1, 0.15) is 13.4 Å². The van der Waals surface area contributed by atoms with Crippen LogP contribution in [0.3, 0.4) is 0 Å². The van der Waals surface area contributed by atoms with Crippen LogP contribution >= 0.6 is 0 Å². The normalized spacial score (nSPS) is 51.8. The maximum absolute atomic E-state index is 2.51. The summed E-state index contributed by atoms with van der Waals surface area (Å²) >= 11 is 0. The predicted octanol–water partition coefficient (Wildman–Crippen LogP) is 2.86. The van der Waals surface area contributed by atoms with E-state index in [-0.39, 0.29) is 0 Å². The standard InChI is InChI=1S/C9H16B2/c1-3-7-8-10(7)5-4-9(2)6-11(8)9/h7-8H,3-6H2,1-2H3. The number of rotatable bonds is 1. The average molecular weight is 146 g/mol. The third-order valence-corrected chi connectivity index (χ3v) is 4.80. The molecule has 3 rings (SSSR count). The van der Waals surface area contributed by atoms with Crippen LogP contribution in [-0.4, -0.2) is 13.4 Å². The van der Waals surface area contributed by atoms with Crippen LogP contribution in [0, 0.1) is 0 Å². The monoisotopic (exact) mass is 146 g/mol. The number of hydrogen-bond acceptors (Lipinski definition) is 0. The first-order valence-electron chi connectivity index (χ1n) is 5.26. The average Bonchev–Trinajstić information content (AvgIpc) is 2.78. The summed E-state index contributed by atoms with van der Waals surface area (Å²) in [6.07, 6.45) is 6.15. The van der Waals surface area contributed by atoms with Gasteiger partial charge in [-0.3, -0.25) is 0 Å². The summed E-state index contributed by atoms with van der Waals surface area (Å²) in [6.45, 7) is 7.24. The molecule has 3 saturated heterocycles. The minimum Gasteiger partial charge on any atom is -0.0859 e. The zero-order valence-corrected chi connectivity index (χ0v) is 7.64. The summed E-state index contributed by atoms with van der Waals surface area (Å²) in [5.41, 5.74) is 1.19. The molecule has 0 amide bonds. The maximum Gasteiger partial charge on any atom is 0.140 e. The molecule has 0 bridgehead atoms. The van der Waals surface area contributed by atoms with Crippen LogP contribution in [0.15, 0.2) is 0 Å². The molecule has 3 atom stereocenters. The molecule has 0 aromatic rings. The van der Waals surface area contributed by atoms with Crippen LogP contribution in [0.1, 0.15) is 26.7 Å². The third kappa shape index (κ3) is 0.691. The first-order valence-corrected chi connectivity index (χ1v) is 5.26. The Labute approximate surface area is 70.3 Å². The van der Waals surface area contributed by atoms with Gasteiger partial charge in [-0.2, -0.15) is 0 Å². The molecular weight excluding hydrogens is 130 g/mol. The fourth-order valence-electron chi connectivity index (χ4n) is 3.88. The quantitative estimate of drug-likeness (QED) is 0.498. The van der Waals surface area contributed by atoms with Crippen molar-refractivity contribution in [3.63, 3.8) is 0 Å². The van der Waals surface area contributed by atoms with Gasteiger partial charge < -0.3 is 0 Å². The van der Waals surface area contributed by atoms with Crippen molar-refractivity contribution in [1.29, 1.82) is 0 Å². The Morgan fingerprint density at radius 2 is 2.36 bits per heavy atom. The van der Waals surface area contributed by atoms with E-state index in [4.69, 9.17) is 0 Å². The molecule has 0 spiro atoms. The molecule has 3 heterocycles. The van der Waals surface area contributed by atoms with Crippen LogP contribution in [-0.2, 0) is 0 Å². The van der Waals surface area contributed by atoms with Crippen molar-refractivity contribution in [2.24, 2.45) is 0 Å². The van der Waals surface area contributed by atoms with Crippen LogP contribution in [0.5, 0.6) is 0 Å². The van der Waals surface area contributed by atoms with Gasteiger partial charge in [-0.05, 0) is 0 Å². The van der Waals surface area contributed by atoms with E-state index in [2.05, 4.69) is 13.8 Å². The van der Waals surface area contributed by atoms with Crippen molar-refractivity contribution in [2.45, 2.75) is 56.2 Å². The SMILES string of the molecule is CCC1B2CCC3(C)CB3C21. The number of hydrogen-bond donors (Lipinski definition) is 0. The molecule has 0 N–H and O–H groups in total. The fraction of sp³-hybridized carbons (Fsp3) is 1.00. The van der Waals surface area contributed by atoms with Gasteiger partial charge in [0.25, 0.3) is 0 Å². The Morgan fingerprint density at radius 1 is 1.55 bits per heavy atom. The highest BCUT2D eigenvalue weighted by Crippen LogP contribution is 2.76. The van der Waals surface area contributed by atoms with Crippen LogP contribution in [0.25, 0.3) is 0 Å². The second-order valence-electron chi connectivity index (χ2n) is 5.32. The van der Waals surface area contributed by atoms with Crippen molar-refractivity contribution < 1.29 is 0 Å². The molecule has 0 radical (unpaired) electrons. The molecule has 0 nitrogen and oxygen atoms in total. The van der Waals surface area contributed by atoms with Gasteiger partial charge in [-0.15, -0.1) is 0 Å². The van der Waals surface area contributed by atoms with E-state index < -0.39 is 0 Å². The molecule has 0 aromatic carbocycles. The topological polar surface area (TPSA) is 0 Å². The molecule has 3 unspecified atom stereocenters. The lowest BCUT2D eigenvalue weighted by Crippen LogP contribution is -2.10. The van der Waals surface area contributed by atoms with Gasteiger partial charge in [0.15, 0.2) is 0 Å². The lowest BCUT2D eigenvalue weighted by Gasteiger charge is -2.13. The zero-order valence-electron chi connectivity index (χ0n) is 7.64. The molecule has 11 heavy (non-hydrogen) atoms. The molecule has 3 fully saturated rings. The second-order valence-corrected chi connectivity index (χ2v) is 5.32. The van der Waals surface area contributed by atoms with E-state index in [1.54, 1.807) is 19.1 Å². The smallest absolute Gasteiger partial charge is 0.0859 e. The van der Waals surface area contributed by atoms with Crippen molar-refractivity contribution in [1.82, 2.24) is 0 Å². The van der Waals surface area contributed by atoms with Gasteiger partial charge in [-0.25, -0.2) is 0 Å². The summed E-state index contributed by atoms with van der Waals surface area (Å²) < 4.78 is 0. The largest absolute Gasteiger partial charge is 0.140 e. The van der Waals surface area contributed by atoms with Gasteiger partial charge in [0.05, 0.1) is 0 Å². The third-order valence-electron chi connectivity index (χ3n) is 4.80. The highest BCUT2D eigenvalue weighted by molar-refractivity contribution is 6.98. The molecule has 3 aliphatic rings. The molecule has 0 aliphatic carbocycles. The van der Waals surface area contributed by atoms with Gasteiger partial charge in [-0.1, -0.05) is 56.2 Å². The Morgan fingerprint density at radius 3 is 3.09 bits per heavy atom. The summed E-state index contributed by atoms with van der Waals surface area (Å²) in [4.78, 5) is 0. The first kappa shape index (κ1) is 6.62. The van der Waals surface area contributed by atoms with E-state index >= 15 is 0 Å². The van der Waals surface area contributed by atoms with Crippen molar-refractivity contribution in [2.75, 3.05) is 0 Å². The van der Waals surface area contributed by atoms with Crippen LogP contribution in [0.2, 0.25) is 29.5 Å². The van der Waals surface area contributed by atoms with Gasteiger partial charge in [0, 0.05) is 0 Å². The zero-order chi connectivity index (χ0) is 7.64. The summed E-state index contributed by atoms with van der Waals surface area (Å²) in [6, 6.07) is 0. The predicted molar refractivity (Wildman–Crippen MR) is 51.9 cm³/mol. The molecule has 58 valence electrons. The minimum absolute atomic E-state index is 0.838.